The molecule has 0 aliphatic heterocycles. The molecule has 1 aromatic carbocycles. The number of nitrogens with zero attached hydrogens (tertiary/aromatic N) is 4. The predicted molar refractivity (Wildman–Crippen MR) is 94.1 cm³/mol. The molecule has 1 heterocycles. The third kappa shape index (κ3) is 4.73. The standard InChI is InChI=1S/C17H20N4O3S/c1-5-23-13-8-6-12(7-9-13)15-19-20-16(24-15)25-10-14(22)21(4)17(2,3)11-18/h6-9H,5,10H2,1-4H3. The maximum atomic E-state index is 12.1. The van der Waals surface area contributed by atoms with E-state index in [1.165, 1.54) is 4.90 Å². The van der Waals surface area contributed by atoms with Gasteiger partial charge in [-0.2, -0.15) is 5.26 Å². The molecule has 0 saturated heterocycles. The van der Waals surface area contributed by atoms with Crippen molar-refractivity contribution in [2.24, 2.45) is 0 Å². The largest absolute Gasteiger partial charge is 0.494 e. The van der Waals surface area contributed by atoms with Gasteiger partial charge in [0.2, 0.25) is 11.8 Å². The van der Waals surface area contributed by atoms with E-state index in [1.807, 2.05) is 31.2 Å². The van der Waals surface area contributed by atoms with E-state index < -0.39 is 5.54 Å². The maximum Gasteiger partial charge on any atom is 0.277 e. The number of carbonyl (C=O) groups excluding carboxylic acids is 1. The van der Waals surface area contributed by atoms with E-state index in [4.69, 9.17) is 14.4 Å². The van der Waals surface area contributed by atoms with Crippen LogP contribution in [-0.4, -0.2) is 46.0 Å². The van der Waals surface area contributed by atoms with Gasteiger partial charge < -0.3 is 14.1 Å². The Morgan fingerprint density at radius 1 is 1.36 bits per heavy atom. The molecule has 0 fully saturated rings. The van der Waals surface area contributed by atoms with Crippen LogP contribution < -0.4 is 4.74 Å². The summed E-state index contributed by atoms with van der Waals surface area (Å²) >= 11 is 1.14. The van der Waals surface area contributed by atoms with E-state index in [9.17, 15) is 4.79 Å². The zero-order valence-electron chi connectivity index (χ0n) is 14.6. The SMILES string of the molecule is CCOc1ccc(-c2nnc(SCC(=O)N(C)C(C)(C)C#N)o2)cc1. The molecule has 1 amide bonds. The molecular weight excluding hydrogens is 340 g/mol. The molecule has 7 nitrogen and oxygen atoms in total. The van der Waals surface area contributed by atoms with Gasteiger partial charge >= 0.3 is 0 Å². The molecule has 0 aliphatic rings. The fraction of sp³-hybridized carbons (Fsp3) is 0.412. The first-order valence-corrected chi connectivity index (χ1v) is 8.73. The van der Waals surface area contributed by atoms with Gasteiger partial charge in [0.1, 0.15) is 11.3 Å². The van der Waals surface area contributed by atoms with Gasteiger partial charge in [-0.3, -0.25) is 4.79 Å². The average molecular weight is 360 g/mol. The first-order valence-electron chi connectivity index (χ1n) is 7.75. The fourth-order valence-electron chi connectivity index (χ4n) is 1.85. The molecule has 0 radical (unpaired) electrons. The topological polar surface area (TPSA) is 92.3 Å². The highest BCUT2D eigenvalue weighted by atomic mass is 32.2. The molecule has 25 heavy (non-hydrogen) atoms. The van der Waals surface area contributed by atoms with Gasteiger partial charge in [-0.05, 0) is 45.0 Å². The van der Waals surface area contributed by atoms with Crippen molar-refractivity contribution in [2.45, 2.75) is 31.5 Å². The number of benzene rings is 1. The lowest BCUT2D eigenvalue weighted by Crippen LogP contribution is -2.44. The number of amides is 1. The molecule has 2 aromatic rings. The second-order valence-electron chi connectivity index (χ2n) is 5.74. The zero-order chi connectivity index (χ0) is 18.4. The minimum Gasteiger partial charge on any atom is -0.494 e. The monoisotopic (exact) mass is 360 g/mol. The van der Waals surface area contributed by atoms with E-state index in [-0.39, 0.29) is 11.7 Å². The van der Waals surface area contributed by atoms with Gasteiger partial charge in [-0.1, -0.05) is 11.8 Å². The van der Waals surface area contributed by atoms with Crippen LogP contribution in [0, 0.1) is 11.3 Å². The predicted octanol–water partition coefficient (Wildman–Crippen LogP) is 2.99. The van der Waals surface area contributed by atoms with Crippen LogP contribution in [0.5, 0.6) is 5.75 Å². The quantitative estimate of drug-likeness (QED) is 0.701. The minimum atomic E-state index is -0.861. The summed E-state index contributed by atoms with van der Waals surface area (Å²) in [5.41, 5.74) is -0.0863. The number of nitriles is 1. The van der Waals surface area contributed by atoms with Gasteiger partial charge in [-0.25, -0.2) is 0 Å². The number of carbonyl (C=O) groups is 1. The second-order valence-corrected chi connectivity index (χ2v) is 6.67. The summed E-state index contributed by atoms with van der Waals surface area (Å²) in [7, 11) is 1.60. The van der Waals surface area contributed by atoms with Crippen molar-refractivity contribution in [2.75, 3.05) is 19.4 Å². The van der Waals surface area contributed by atoms with Crippen LogP contribution in [-0.2, 0) is 4.79 Å². The number of rotatable bonds is 7. The number of aromatic nitrogens is 2. The summed E-state index contributed by atoms with van der Waals surface area (Å²) < 4.78 is 11.0. The van der Waals surface area contributed by atoms with Crippen molar-refractivity contribution in [3.63, 3.8) is 0 Å². The summed E-state index contributed by atoms with van der Waals surface area (Å²) in [6.45, 7) is 5.90. The molecule has 0 unspecified atom stereocenters. The van der Waals surface area contributed by atoms with Crippen molar-refractivity contribution in [3.8, 4) is 23.3 Å². The number of hydrogen-bond acceptors (Lipinski definition) is 7. The Bertz CT molecular complexity index is 765. The van der Waals surface area contributed by atoms with Gasteiger partial charge in [0, 0.05) is 12.6 Å². The highest BCUT2D eigenvalue weighted by Crippen LogP contribution is 2.25. The lowest BCUT2D eigenvalue weighted by atomic mass is 10.1. The Labute approximate surface area is 151 Å². The lowest BCUT2D eigenvalue weighted by Gasteiger charge is -2.28. The van der Waals surface area contributed by atoms with Crippen molar-refractivity contribution >= 4 is 17.7 Å². The molecule has 0 N–H and O–H groups in total. The van der Waals surface area contributed by atoms with Crippen molar-refractivity contribution in [1.29, 1.82) is 5.26 Å². The number of thioether (sulfide) groups is 1. The summed E-state index contributed by atoms with van der Waals surface area (Å²) in [4.78, 5) is 13.6. The first-order chi connectivity index (χ1) is 11.9. The number of ether oxygens (including phenoxy) is 1. The molecular formula is C17H20N4O3S. The summed E-state index contributed by atoms with van der Waals surface area (Å²) in [5.74, 6) is 1.09. The summed E-state index contributed by atoms with van der Waals surface area (Å²) in [5, 5.41) is 17.3. The highest BCUT2D eigenvalue weighted by molar-refractivity contribution is 7.99. The second kappa shape index (κ2) is 8.03. The Morgan fingerprint density at radius 3 is 2.64 bits per heavy atom. The van der Waals surface area contributed by atoms with Crippen molar-refractivity contribution in [3.05, 3.63) is 24.3 Å². The molecule has 2 rings (SSSR count). The molecule has 132 valence electrons. The third-order valence-corrected chi connectivity index (χ3v) is 4.43. The zero-order valence-corrected chi connectivity index (χ0v) is 15.5. The molecule has 0 aliphatic carbocycles. The molecule has 0 bridgehead atoms. The first kappa shape index (κ1) is 18.8. The summed E-state index contributed by atoms with van der Waals surface area (Å²) in [6.07, 6.45) is 0. The Hall–Kier alpha value is -2.53. The van der Waals surface area contributed by atoms with Gasteiger partial charge in [0.15, 0.2) is 0 Å². The average Bonchev–Trinajstić information content (AvgIpc) is 3.09. The van der Waals surface area contributed by atoms with E-state index >= 15 is 0 Å². The van der Waals surface area contributed by atoms with Crippen LogP contribution in [0.2, 0.25) is 0 Å². The molecule has 1 aromatic heterocycles. The lowest BCUT2D eigenvalue weighted by molar-refractivity contribution is -0.130. The van der Waals surface area contributed by atoms with Crippen LogP contribution in [0.4, 0.5) is 0 Å². The van der Waals surface area contributed by atoms with Gasteiger partial charge in [0.25, 0.3) is 5.22 Å². The third-order valence-electron chi connectivity index (χ3n) is 3.62. The van der Waals surface area contributed by atoms with Crippen LogP contribution >= 0.6 is 11.8 Å². The van der Waals surface area contributed by atoms with Crippen LogP contribution in [0.3, 0.4) is 0 Å². The van der Waals surface area contributed by atoms with E-state index in [0.717, 1.165) is 23.1 Å². The van der Waals surface area contributed by atoms with Crippen LogP contribution in [0.25, 0.3) is 11.5 Å². The summed E-state index contributed by atoms with van der Waals surface area (Å²) in [6, 6.07) is 9.43. The van der Waals surface area contributed by atoms with E-state index in [0.29, 0.717) is 17.7 Å². The highest BCUT2D eigenvalue weighted by Gasteiger charge is 2.27. The van der Waals surface area contributed by atoms with Gasteiger partial charge in [-0.15, -0.1) is 10.2 Å². The van der Waals surface area contributed by atoms with Crippen molar-refractivity contribution < 1.29 is 13.9 Å². The molecule has 0 spiro atoms. The fourth-order valence-corrected chi connectivity index (χ4v) is 2.53. The Morgan fingerprint density at radius 2 is 2.04 bits per heavy atom. The molecule has 0 atom stereocenters. The smallest absolute Gasteiger partial charge is 0.277 e. The van der Waals surface area contributed by atoms with E-state index in [2.05, 4.69) is 16.3 Å². The van der Waals surface area contributed by atoms with Crippen LogP contribution in [0.15, 0.2) is 33.9 Å². The van der Waals surface area contributed by atoms with Crippen LogP contribution in [0.1, 0.15) is 20.8 Å². The van der Waals surface area contributed by atoms with Gasteiger partial charge in [0.05, 0.1) is 18.4 Å². The Balaban J connectivity index is 1.98. The van der Waals surface area contributed by atoms with E-state index in [1.54, 1.807) is 20.9 Å². The van der Waals surface area contributed by atoms with Crippen molar-refractivity contribution in [1.82, 2.24) is 15.1 Å². The molecule has 0 saturated carbocycles. The number of hydrogen-bond donors (Lipinski definition) is 0. The normalized spacial score (nSPS) is 11.0. The molecule has 8 heteroatoms. The maximum absolute atomic E-state index is 12.1. The minimum absolute atomic E-state index is 0.118. The Kier molecular flexibility index (Phi) is 6.04.